The van der Waals surface area contributed by atoms with Gasteiger partial charge >= 0.3 is 5.97 Å². The van der Waals surface area contributed by atoms with Crippen LogP contribution in [0.2, 0.25) is 0 Å². The highest BCUT2D eigenvalue weighted by atomic mass is 16.4. The lowest BCUT2D eigenvalue weighted by molar-refractivity contribution is 0.0662. The molecule has 1 aromatic carbocycles. The molecular formula is C14H14O3. The lowest BCUT2D eigenvalue weighted by Gasteiger charge is -2.03. The number of hydrogen-bond acceptors (Lipinski definition) is 2. The normalized spacial score (nSPS) is 10.5. The van der Waals surface area contributed by atoms with E-state index in [0.29, 0.717) is 11.3 Å². The minimum absolute atomic E-state index is 0.0147. The van der Waals surface area contributed by atoms with E-state index in [1.54, 1.807) is 13.0 Å². The lowest BCUT2D eigenvalue weighted by atomic mass is 10.0. The Morgan fingerprint density at radius 2 is 1.82 bits per heavy atom. The molecule has 1 aromatic heterocycles. The Balaban J connectivity index is 2.57. The van der Waals surface area contributed by atoms with Crippen LogP contribution in [0.5, 0.6) is 0 Å². The molecule has 3 heteroatoms. The van der Waals surface area contributed by atoms with E-state index in [2.05, 4.69) is 0 Å². The van der Waals surface area contributed by atoms with Gasteiger partial charge in [-0.1, -0.05) is 17.7 Å². The van der Waals surface area contributed by atoms with E-state index in [1.165, 1.54) is 0 Å². The number of carboxylic acid groups (broad SMARTS) is 1. The second-order valence-electron chi connectivity index (χ2n) is 4.25. The zero-order valence-corrected chi connectivity index (χ0v) is 10.1. The molecule has 0 aliphatic carbocycles. The zero-order chi connectivity index (χ0) is 12.6. The van der Waals surface area contributed by atoms with Crippen molar-refractivity contribution in [3.8, 4) is 11.3 Å². The lowest BCUT2D eigenvalue weighted by Crippen LogP contribution is -1.94. The standard InChI is InChI=1S/C14H14O3/c1-8-4-5-9(2)11(6-8)12-7-10(3)13(17-12)14(15)16/h4-7H,1-3H3,(H,15,16). The number of furan rings is 1. The van der Waals surface area contributed by atoms with E-state index < -0.39 is 5.97 Å². The molecule has 2 rings (SSSR count). The number of rotatable bonds is 2. The van der Waals surface area contributed by atoms with Crippen LogP contribution >= 0.6 is 0 Å². The topological polar surface area (TPSA) is 50.4 Å². The molecule has 17 heavy (non-hydrogen) atoms. The Morgan fingerprint density at radius 3 is 2.41 bits per heavy atom. The SMILES string of the molecule is Cc1ccc(C)c(-c2cc(C)c(C(=O)O)o2)c1. The Kier molecular flexibility index (Phi) is 2.76. The van der Waals surface area contributed by atoms with Gasteiger partial charge in [-0.05, 0) is 38.5 Å². The van der Waals surface area contributed by atoms with Gasteiger partial charge in [-0.2, -0.15) is 0 Å². The van der Waals surface area contributed by atoms with Crippen molar-refractivity contribution in [2.45, 2.75) is 20.8 Å². The summed E-state index contributed by atoms with van der Waals surface area (Å²) >= 11 is 0. The minimum Gasteiger partial charge on any atom is -0.475 e. The van der Waals surface area contributed by atoms with Crippen molar-refractivity contribution < 1.29 is 14.3 Å². The average Bonchev–Trinajstić information content (AvgIpc) is 2.64. The molecule has 0 amide bonds. The average molecular weight is 230 g/mol. The van der Waals surface area contributed by atoms with Crippen LogP contribution in [-0.2, 0) is 0 Å². The molecule has 0 bridgehead atoms. The van der Waals surface area contributed by atoms with Gasteiger partial charge < -0.3 is 9.52 Å². The van der Waals surface area contributed by atoms with Crippen molar-refractivity contribution in [1.82, 2.24) is 0 Å². The molecule has 1 heterocycles. The highest BCUT2D eigenvalue weighted by Crippen LogP contribution is 2.28. The van der Waals surface area contributed by atoms with Gasteiger partial charge in [0.25, 0.3) is 0 Å². The summed E-state index contributed by atoms with van der Waals surface area (Å²) in [4.78, 5) is 10.9. The first-order chi connectivity index (χ1) is 7.99. The highest BCUT2D eigenvalue weighted by molar-refractivity contribution is 5.87. The molecule has 0 atom stereocenters. The number of aryl methyl sites for hydroxylation is 3. The van der Waals surface area contributed by atoms with Gasteiger partial charge in [-0.25, -0.2) is 4.79 Å². The van der Waals surface area contributed by atoms with Crippen molar-refractivity contribution in [3.63, 3.8) is 0 Å². The van der Waals surface area contributed by atoms with Gasteiger partial charge in [0.15, 0.2) is 0 Å². The first kappa shape index (κ1) is 11.5. The quantitative estimate of drug-likeness (QED) is 0.858. The van der Waals surface area contributed by atoms with Crippen molar-refractivity contribution in [2.24, 2.45) is 0 Å². The summed E-state index contributed by atoms with van der Waals surface area (Å²) in [5.74, 6) is -0.402. The van der Waals surface area contributed by atoms with Gasteiger partial charge in [0.05, 0.1) is 0 Å². The molecular weight excluding hydrogens is 216 g/mol. The first-order valence-electron chi connectivity index (χ1n) is 5.40. The highest BCUT2D eigenvalue weighted by Gasteiger charge is 2.16. The molecule has 0 fully saturated rings. The summed E-state index contributed by atoms with van der Waals surface area (Å²) in [6, 6.07) is 7.79. The van der Waals surface area contributed by atoms with E-state index >= 15 is 0 Å². The largest absolute Gasteiger partial charge is 0.475 e. The van der Waals surface area contributed by atoms with Crippen molar-refractivity contribution in [2.75, 3.05) is 0 Å². The molecule has 2 aromatic rings. The maximum Gasteiger partial charge on any atom is 0.372 e. The number of carbonyl (C=O) groups is 1. The van der Waals surface area contributed by atoms with E-state index in [4.69, 9.17) is 9.52 Å². The van der Waals surface area contributed by atoms with Crippen LogP contribution in [0.4, 0.5) is 0 Å². The van der Waals surface area contributed by atoms with Crippen molar-refractivity contribution in [3.05, 3.63) is 46.7 Å². The summed E-state index contributed by atoms with van der Waals surface area (Å²) < 4.78 is 5.40. The van der Waals surface area contributed by atoms with Gasteiger partial charge in [0.2, 0.25) is 5.76 Å². The van der Waals surface area contributed by atoms with E-state index in [1.807, 2.05) is 32.0 Å². The second-order valence-corrected chi connectivity index (χ2v) is 4.25. The Labute approximate surface area is 99.7 Å². The fourth-order valence-corrected chi connectivity index (χ4v) is 1.83. The summed E-state index contributed by atoms with van der Waals surface area (Å²) in [7, 11) is 0. The molecule has 0 saturated carbocycles. The number of carboxylic acids is 1. The Bertz CT molecular complexity index is 579. The van der Waals surface area contributed by atoms with E-state index in [9.17, 15) is 4.79 Å². The molecule has 0 spiro atoms. The minimum atomic E-state index is -1.03. The van der Waals surface area contributed by atoms with Crippen LogP contribution in [0.3, 0.4) is 0 Å². The molecule has 0 unspecified atom stereocenters. The molecule has 3 nitrogen and oxygen atoms in total. The third kappa shape index (κ3) is 2.09. The van der Waals surface area contributed by atoms with Crippen molar-refractivity contribution >= 4 is 5.97 Å². The second kappa shape index (κ2) is 4.09. The third-order valence-corrected chi connectivity index (χ3v) is 2.77. The van der Waals surface area contributed by atoms with Crippen LogP contribution in [0, 0.1) is 20.8 Å². The predicted molar refractivity (Wildman–Crippen MR) is 65.3 cm³/mol. The van der Waals surface area contributed by atoms with Crippen LogP contribution in [0.15, 0.2) is 28.7 Å². The number of hydrogen-bond donors (Lipinski definition) is 1. The summed E-state index contributed by atoms with van der Waals surface area (Å²) in [6.45, 7) is 5.71. The molecule has 1 N–H and O–H groups in total. The first-order valence-corrected chi connectivity index (χ1v) is 5.40. The number of aromatic carboxylic acids is 1. The monoisotopic (exact) mass is 230 g/mol. The molecule has 88 valence electrons. The maximum atomic E-state index is 10.9. The molecule has 0 saturated heterocycles. The zero-order valence-electron chi connectivity index (χ0n) is 10.1. The van der Waals surface area contributed by atoms with Crippen LogP contribution in [0.1, 0.15) is 27.2 Å². The van der Waals surface area contributed by atoms with Gasteiger partial charge in [-0.3, -0.25) is 0 Å². The predicted octanol–water partition coefficient (Wildman–Crippen LogP) is 3.57. The summed E-state index contributed by atoms with van der Waals surface area (Å²) in [5.41, 5.74) is 3.78. The third-order valence-electron chi connectivity index (χ3n) is 2.77. The maximum absolute atomic E-state index is 10.9. The summed E-state index contributed by atoms with van der Waals surface area (Å²) in [6.07, 6.45) is 0. The smallest absolute Gasteiger partial charge is 0.372 e. The van der Waals surface area contributed by atoms with Crippen LogP contribution in [-0.4, -0.2) is 11.1 Å². The van der Waals surface area contributed by atoms with Gasteiger partial charge in [-0.15, -0.1) is 0 Å². The van der Waals surface area contributed by atoms with Gasteiger partial charge in [0, 0.05) is 11.1 Å². The fourth-order valence-electron chi connectivity index (χ4n) is 1.83. The molecule has 0 aliphatic heterocycles. The molecule has 0 radical (unpaired) electrons. The van der Waals surface area contributed by atoms with Crippen LogP contribution in [0.25, 0.3) is 11.3 Å². The van der Waals surface area contributed by atoms with Crippen LogP contribution < -0.4 is 0 Å². The summed E-state index contributed by atoms with van der Waals surface area (Å²) in [5, 5.41) is 8.96. The number of benzene rings is 1. The fraction of sp³-hybridized carbons (Fsp3) is 0.214. The van der Waals surface area contributed by atoms with Gasteiger partial charge in [0.1, 0.15) is 5.76 Å². The van der Waals surface area contributed by atoms with Crippen molar-refractivity contribution in [1.29, 1.82) is 0 Å². The molecule has 0 aliphatic rings. The van der Waals surface area contributed by atoms with E-state index in [0.717, 1.165) is 16.7 Å². The van der Waals surface area contributed by atoms with E-state index in [-0.39, 0.29) is 5.76 Å². The Hall–Kier alpha value is -2.03. The Morgan fingerprint density at radius 1 is 1.12 bits per heavy atom.